The lowest BCUT2D eigenvalue weighted by atomic mass is 9.97. The second-order valence-corrected chi connectivity index (χ2v) is 4.64. The van der Waals surface area contributed by atoms with E-state index in [4.69, 9.17) is 0 Å². The van der Waals surface area contributed by atoms with Crippen LogP contribution in [0.25, 0.3) is 0 Å². The Morgan fingerprint density at radius 2 is 2.07 bits per heavy atom. The van der Waals surface area contributed by atoms with Gasteiger partial charge in [-0.1, -0.05) is 19.8 Å². The molecule has 2 N–H and O–H groups in total. The monoisotopic (exact) mass is 198 g/mol. The van der Waals surface area contributed by atoms with Crippen LogP contribution in [0.3, 0.4) is 0 Å². The minimum absolute atomic E-state index is 0.713. The SMILES string of the molecule is CCCCC(C)NCC1CCNCC1. The van der Waals surface area contributed by atoms with E-state index >= 15 is 0 Å². The molecular formula is C12H26N2. The van der Waals surface area contributed by atoms with Crippen LogP contribution in [0.1, 0.15) is 46.0 Å². The third-order valence-corrected chi connectivity index (χ3v) is 3.20. The average molecular weight is 198 g/mol. The van der Waals surface area contributed by atoms with Crippen LogP contribution in [0.4, 0.5) is 0 Å². The Hall–Kier alpha value is -0.0800. The molecule has 84 valence electrons. The topological polar surface area (TPSA) is 24.1 Å². The molecule has 2 nitrogen and oxygen atoms in total. The van der Waals surface area contributed by atoms with Crippen molar-refractivity contribution in [2.45, 2.75) is 52.0 Å². The van der Waals surface area contributed by atoms with Crippen molar-refractivity contribution in [3.63, 3.8) is 0 Å². The molecule has 1 atom stereocenters. The standard InChI is InChI=1S/C12H26N2/c1-3-4-5-11(2)14-10-12-6-8-13-9-7-12/h11-14H,3-10H2,1-2H3. The minimum atomic E-state index is 0.713. The molecule has 1 fully saturated rings. The Bertz CT molecular complexity index is 130. The quantitative estimate of drug-likeness (QED) is 0.683. The van der Waals surface area contributed by atoms with E-state index in [2.05, 4.69) is 24.5 Å². The van der Waals surface area contributed by atoms with Crippen LogP contribution >= 0.6 is 0 Å². The van der Waals surface area contributed by atoms with Crippen LogP contribution in [0, 0.1) is 5.92 Å². The first-order valence-electron chi connectivity index (χ1n) is 6.27. The maximum Gasteiger partial charge on any atom is 0.00388 e. The summed E-state index contributed by atoms with van der Waals surface area (Å²) in [6.45, 7) is 8.24. The van der Waals surface area contributed by atoms with E-state index in [0.717, 1.165) is 5.92 Å². The zero-order valence-corrected chi connectivity index (χ0v) is 9.81. The molecule has 0 spiro atoms. The van der Waals surface area contributed by atoms with E-state index < -0.39 is 0 Å². The largest absolute Gasteiger partial charge is 0.317 e. The van der Waals surface area contributed by atoms with Crippen molar-refractivity contribution in [3.05, 3.63) is 0 Å². The highest BCUT2D eigenvalue weighted by atomic mass is 14.9. The van der Waals surface area contributed by atoms with Gasteiger partial charge in [-0.15, -0.1) is 0 Å². The molecule has 1 aliphatic heterocycles. The van der Waals surface area contributed by atoms with Crippen molar-refractivity contribution >= 4 is 0 Å². The molecule has 0 amide bonds. The number of hydrogen-bond donors (Lipinski definition) is 2. The second kappa shape index (κ2) is 7.24. The fourth-order valence-electron chi connectivity index (χ4n) is 2.07. The first kappa shape index (κ1) is 12.0. The molecule has 1 rings (SSSR count). The molecule has 0 bridgehead atoms. The summed E-state index contributed by atoms with van der Waals surface area (Å²) < 4.78 is 0. The summed E-state index contributed by atoms with van der Waals surface area (Å²) >= 11 is 0. The predicted octanol–water partition coefficient (Wildman–Crippen LogP) is 2.15. The maximum absolute atomic E-state index is 3.66. The summed E-state index contributed by atoms with van der Waals surface area (Å²) in [6, 6.07) is 0.713. The summed E-state index contributed by atoms with van der Waals surface area (Å²) in [5.74, 6) is 0.917. The van der Waals surface area contributed by atoms with Gasteiger partial charge in [-0.2, -0.15) is 0 Å². The van der Waals surface area contributed by atoms with Crippen LogP contribution in [0.2, 0.25) is 0 Å². The Balaban J connectivity index is 2.00. The highest BCUT2D eigenvalue weighted by Gasteiger charge is 2.13. The molecule has 2 heteroatoms. The Morgan fingerprint density at radius 3 is 2.71 bits per heavy atom. The predicted molar refractivity (Wildman–Crippen MR) is 62.6 cm³/mol. The minimum Gasteiger partial charge on any atom is -0.317 e. The van der Waals surface area contributed by atoms with Crippen molar-refractivity contribution < 1.29 is 0 Å². The fraction of sp³-hybridized carbons (Fsp3) is 1.00. The zero-order chi connectivity index (χ0) is 10.2. The summed E-state index contributed by atoms with van der Waals surface area (Å²) in [4.78, 5) is 0. The first-order chi connectivity index (χ1) is 6.83. The Kier molecular flexibility index (Phi) is 6.20. The first-order valence-corrected chi connectivity index (χ1v) is 6.27. The van der Waals surface area contributed by atoms with Gasteiger partial charge in [0.2, 0.25) is 0 Å². The van der Waals surface area contributed by atoms with Gasteiger partial charge in [-0.3, -0.25) is 0 Å². The molecule has 1 heterocycles. The van der Waals surface area contributed by atoms with Crippen molar-refractivity contribution in [3.8, 4) is 0 Å². The lowest BCUT2D eigenvalue weighted by Crippen LogP contribution is -2.36. The van der Waals surface area contributed by atoms with E-state index in [1.807, 2.05) is 0 Å². The summed E-state index contributed by atoms with van der Waals surface area (Å²) in [7, 11) is 0. The van der Waals surface area contributed by atoms with E-state index in [9.17, 15) is 0 Å². The molecule has 0 aromatic heterocycles. The van der Waals surface area contributed by atoms with E-state index in [0.29, 0.717) is 6.04 Å². The fourth-order valence-corrected chi connectivity index (χ4v) is 2.07. The molecule has 0 aliphatic carbocycles. The van der Waals surface area contributed by atoms with Crippen LogP contribution in [-0.4, -0.2) is 25.7 Å². The zero-order valence-electron chi connectivity index (χ0n) is 9.81. The molecule has 1 unspecified atom stereocenters. The molecule has 0 aromatic rings. The van der Waals surface area contributed by atoms with Gasteiger partial charge in [0.15, 0.2) is 0 Å². The van der Waals surface area contributed by atoms with Crippen molar-refractivity contribution in [2.75, 3.05) is 19.6 Å². The number of hydrogen-bond acceptors (Lipinski definition) is 2. The molecular weight excluding hydrogens is 172 g/mol. The lowest BCUT2D eigenvalue weighted by molar-refractivity contribution is 0.338. The summed E-state index contributed by atoms with van der Waals surface area (Å²) in [5.41, 5.74) is 0. The Labute approximate surface area is 88.8 Å². The average Bonchev–Trinajstić information content (AvgIpc) is 2.25. The van der Waals surface area contributed by atoms with E-state index in [1.165, 1.54) is 51.7 Å². The van der Waals surface area contributed by atoms with E-state index in [1.54, 1.807) is 0 Å². The van der Waals surface area contributed by atoms with Crippen LogP contribution in [0.5, 0.6) is 0 Å². The number of rotatable bonds is 6. The van der Waals surface area contributed by atoms with Gasteiger partial charge in [0, 0.05) is 6.04 Å². The second-order valence-electron chi connectivity index (χ2n) is 4.64. The van der Waals surface area contributed by atoms with Gasteiger partial charge in [0.1, 0.15) is 0 Å². The molecule has 1 saturated heterocycles. The van der Waals surface area contributed by atoms with Crippen molar-refractivity contribution in [1.82, 2.24) is 10.6 Å². The van der Waals surface area contributed by atoms with E-state index in [-0.39, 0.29) is 0 Å². The Morgan fingerprint density at radius 1 is 1.36 bits per heavy atom. The molecule has 0 radical (unpaired) electrons. The van der Waals surface area contributed by atoms with Gasteiger partial charge >= 0.3 is 0 Å². The van der Waals surface area contributed by atoms with Crippen molar-refractivity contribution in [2.24, 2.45) is 5.92 Å². The van der Waals surface area contributed by atoms with Gasteiger partial charge < -0.3 is 10.6 Å². The number of unbranched alkanes of at least 4 members (excludes halogenated alkanes) is 1. The number of piperidine rings is 1. The van der Waals surface area contributed by atoms with Crippen LogP contribution < -0.4 is 10.6 Å². The van der Waals surface area contributed by atoms with Crippen LogP contribution in [-0.2, 0) is 0 Å². The van der Waals surface area contributed by atoms with Gasteiger partial charge in [0.25, 0.3) is 0 Å². The van der Waals surface area contributed by atoms with Crippen LogP contribution in [0.15, 0.2) is 0 Å². The lowest BCUT2D eigenvalue weighted by Gasteiger charge is -2.24. The van der Waals surface area contributed by atoms with Gasteiger partial charge in [-0.05, 0) is 51.7 Å². The number of nitrogens with one attached hydrogen (secondary N) is 2. The molecule has 1 aliphatic rings. The van der Waals surface area contributed by atoms with Crippen molar-refractivity contribution in [1.29, 1.82) is 0 Å². The van der Waals surface area contributed by atoms with Gasteiger partial charge in [0.05, 0.1) is 0 Å². The summed E-state index contributed by atoms with van der Waals surface area (Å²) in [5, 5.41) is 7.07. The third-order valence-electron chi connectivity index (χ3n) is 3.20. The molecule has 0 saturated carbocycles. The van der Waals surface area contributed by atoms with Gasteiger partial charge in [-0.25, -0.2) is 0 Å². The maximum atomic E-state index is 3.66. The summed E-state index contributed by atoms with van der Waals surface area (Å²) in [6.07, 6.45) is 6.72. The molecule has 14 heavy (non-hydrogen) atoms. The highest BCUT2D eigenvalue weighted by Crippen LogP contribution is 2.10. The normalized spacial score (nSPS) is 21.0. The highest BCUT2D eigenvalue weighted by molar-refractivity contribution is 4.72. The molecule has 0 aromatic carbocycles. The third kappa shape index (κ3) is 4.97. The smallest absolute Gasteiger partial charge is 0.00388 e.